The first-order chi connectivity index (χ1) is 13.1. The summed E-state index contributed by atoms with van der Waals surface area (Å²) in [5.41, 5.74) is 5.00. The molecular formula is C19H26FN3O4S. The second-order valence-corrected chi connectivity index (χ2v) is 8.92. The van der Waals surface area contributed by atoms with Crippen LogP contribution in [-0.4, -0.2) is 49.0 Å². The number of halogens is 1. The quantitative estimate of drug-likeness (QED) is 0.727. The predicted octanol–water partition coefficient (Wildman–Crippen LogP) is 2.89. The van der Waals surface area contributed by atoms with Crippen molar-refractivity contribution in [3.05, 3.63) is 29.6 Å². The summed E-state index contributed by atoms with van der Waals surface area (Å²) in [6.07, 6.45) is -0.866. The maximum absolute atomic E-state index is 14.8. The average molecular weight is 411 g/mol. The van der Waals surface area contributed by atoms with Crippen LogP contribution in [0.2, 0.25) is 0 Å². The molecule has 0 saturated carbocycles. The van der Waals surface area contributed by atoms with Crippen molar-refractivity contribution in [2.24, 2.45) is 10.9 Å². The van der Waals surface area contributed by atoms with Gasteiger partial charge in [0.25, 0.3) is 0 Å². The highest BCUT2D eigenvalue weighted by atomic mass is 32.2. The summed E-state index contributed by atoms with van der Waals surface area (Å²) in [5, 5.41) is 3.03. The number of alkyl carbamates (subject to hydrolysis) is 1. The molecule has 3 rings (SSSR count). The molecule has 1 fully saturated rings. The third-order valence-corrected chi connectivity index (χ3v) is 5.73. The highest BCUT2D eigenvalue weighted by Gasteiger charge is 2.52. The lowest BCUT2D eigenvalue weighted by atomic mass is 9.75. The van der Waals surface area contributed by atoms with E-state index in [2.05, 4.69) is 5.32 Å². The first kappa shape index (κ1) is 20.9. The lowest BCUT2D eigenvalue weighted by molar-refractivity contribution is -0.102. The second-order valence-electron chi connectivity index (χ2n) is 7.91. The molecule has 2 aliphatic rings. The number of benzene rings is 1. The van der Waals surface area contributed by atoms with Crippen molar-refractivity contribution in [1.82, 2.24) is 5.32 Å². The van der Waals surface area contributed by atoms with Crippen molar-refractivity contribution in [2.45, 2.75) is 38.0 Å². The Kier molecular flexibility index (Phi) is 5.88. The molecule has 1 aromatic rings. The number of nitrogen functional groups attached to an aromatic ring is 1. The molecule has 0 spiro atoms. The third-order valence-electron chi connectivity index (χ3n) is 4.73. The van der Waals surface area contributed by atoms with E-state index in [-0.39, 0.29) is 18.6 Å². The molecule has 1 amide bonds. The van der Waals surface area contributed by atoms with Gasteiger partial charge in [0, 0.05) is 30.0 Å². The fourth-order valence-electron chi connectivity index (χ4n) is 3.50. The van der Waals surface area contributed by atoms with E-state index in [0.29, 0.717) is 28.8 Å². The van der Waals surface area contributed by atoms with Crippen molar-refractivity contribution in [3.63, 3.8) is 0 Å². The number of thioether (sulfide) groups is 1. The van der Waals surface area contributed by atoms with Gasteiger partial charge in [0.2, 0.25) is 0 Å². The highest BCUT2D eigenvalue weighted by Crippen LogP contribution is 2.46. The lowest BCUT2D eigenvalue weighted by Gasteiger charge is -2.47. The summed E-state index contributed by atoms with van der Waals surface area (Å²) in [6.45, 7) is 5.90. The van der Waals surface area contributed by atoms with Crippen LogP contribution < -0.4 is 11.1 Å². The van der Waals surface area contributed by atoms with Crippen LogP contribution in [0.15, 0.2) is 23.2 Å². The topological polar surface area (TPSA) is 95.2 Å². The van der Waals surface area contributed by atoms with Gasteiger partial charge in [0.15, 0.2) is 5.17 Å². The Labute approximate surface area is 168 Å². The van der Waals surface area contributed by atoms with Crippen molar-refractivity contribution >= 4 is 28.7 Å². The van der Waals surface area contributed by atoms with Gasteiger partial charge in [0.1, 0.15) is 17.0 Å². The first-order valence-electron chi connectivity index (χ1n) is 9.03. The van der Waals surface area contributed by atoms with Crippen molar-refractivity contribution in [2.75, 3.05) is 31.8 Å². The van der Waals surface area contributed by atoms with Crippen LogP contribution in [0.5, 0.6) is 0 Å². The summed E-state index contributed by atoms with van der Waals surface area (Å²) in [5.74, 6) is 0.00799. The zero-order chi connectivity index (χ0) is 20.5. The van der Waals surface area contributed by atoms with Crippen LogP contribution in [0.25, 0.3) is 0 Å². The molecule has 154 valence electrons. The van der Waals surface area contributed by atoms with Crippen molar-refractivity contribution in [3.8, 4) is 0 Å². The zero-order valence-electron chi connectivity index (χ0n) is 16.5. The Bertz CT molecular complexity index is 783. The van der Waals surface area contributed by atoms with Gasteiger partial charge in [-0.1, -0.05) is 11.8 Å². The number of anilines is 1. The van der Waals surface area contributed by atoms with E-state index >= 15 is 0 Å². The molecule has 9 heteroatoms. The van der Waals surface area contributed by atoms with Crippen LogP contribution in [0.3, 0.4) is 0 Å². The number of methoxy groups -OCH3 is 1. The maximum Gasteiger partial charge on any atom is 0.413 e. The van der Waals surface area contributed by atoms with Gasteiger partial charge < -0.3 is 19.9 Å². The molecule has 0 unspecified atom stereocenters. The fraction of sp³-hybridized carbons (Fsp3) is 0.579. The Morgan fingerprint density at radius 1 is 1.46 bits per heavy atom. The van der Waals surface area contributed by atoms with Crippen molar-refractivity contribution < 1.29 is 23.4 Å². The highest BCUT2D eigenvalue weighted by molar-refractivity contribution is 8.13. The Morgan fingerprint density at radius 3 is 2.89 bits per heavy atom. The van der Waals surface area contributed by atoms with E-state index in [1.807, 2.05) is 0 Å². The largest absolute Gasteiger partial charge is 0.444 e. The Morgan fingerprint density at radius 2 is 2.21 bits per heavy atom. The zero-order valence-corrected chi connectivity index (χ0v) is 17.3. The second kappa shape index (κ2) is 7.88. The molecule has 1 aromatic carbocycles. The number of ether oxygens (including phenoxy) is 3. The molecule has 2 heterocycles. The van der Waals surface area contributed by atoms with Gasteiger partial charge in [0.05, 0.1) is 19.3 Å². The molecule has 0 aliphatic carbocycles. The minimum Gasteiger partial charge on any atom is -0.444 e. The van der Waals surface area contributed by atoms with Gasteiger partial charge in [-0.15, -0.1) is 0 Å². The number of amides is 1. The molecule has 0 radical (unpaired) electrons. The Balaban J connectivity index is 2.01. The number of nitrogens with one attached hydrogen (secondary N) is 1. The van der Waals surface area contributed by atoms with Gasteiger partial charge in [-0.25, -0.2) is 14.2 Å². The molecule has 2 aliphatic heterocycles. The number of carbonyl (C=O) groups excluding carboxylic acids is 1. The van der Waals surface area contributed by atoms with E-state index in [9.17, 15) is 9.18 Å². The van der Waals surface area contributed by atoms with Gasteiger partial charge in [-0.05, 0) is 39.0 Å². The van der Waals surface area contributed by atoms with E-state index in [1.165, 1.54) is 23.9 Å². The van der Waals surface area contributed by atoms with E-state index < -0.39 is 23.1 Å². The number of hydrogen-bond acceptors (Lipinski definition) is 7. The smallest absolute Gasteiger partial charge is 0.413 e. The number of nitrogens with two attached hydrogens (primary N) is 1. The number of fused-ring (bicyclic) bond motifs is 1. The van der Waals surface area contributed by atoms with Gasteiger partial charge in [-0.2, -0.15) is 0 Å². The monoisotopic (exact) mass is 411 g/mol. The third kappa shape index (κ3) is 4.26. The van der Waals surface area contributed by atoms with Crippen LogP contribution in [0.4, 0.5) is 14.9 Å². The number of amidine groups is 1. The van der Waals surface area contributed by atoms with Gasteiger partial charge >= 0.3 is 6.09 Å². The molecule has 3 atom stereocenters. The SMILES string of the molecule is CO[C@H]1COC[C@]2(c3cc(N)ccc3F)N=C(NC(=O)OC(C)(C)C)SC[C@H]12. The Hall–Kier alpha value is -1.84. The minimum atomic E-state index is -1.05. The lowest BCUT2D eigenvalue weighted by Crippen LogP contribution is -2.55. The minimum absolute atomic E-state index is 0.142. The number of nitrogens with zero attached hydrogens (tertiary/aromatic N) is 1. The summed E-state index contributed by atoms with van der Waals surface area (Å²) < 4.78 is 31.5. The normalized spacial score (nSPS) is 27.5. The van der Waals surface area contributed by atoms with E-state index in [1.54, 1.807) is 33.9 Å². The molecule has 7 nitrogen and oxygen atoms in total. The number of rotatable bonds is 2. The number of carbonyl (C=O) groups is 1. The first-order valence-corrected chi connectivity index (χ1v) is 10.0. The number of aliphatic imine (C=N–C) groups is 1. The number of hydrogen-bond donors (Lipinski definition) is 2. The van der Waals surface area contributed by atoms with Crippen LogP contribution in [0.1, 0.15) is 26.3 Å². The predicted molar refractivity (Wildman–Crippen MR) is 107 cm³/mol. The van der Waals surface area contributed by atoms with Gasteiger partial charge in [-0.3, -0.25) is 5.32 Å². The standard InChI is InChI=1S/C19H26FN3O4S/c1-18(2,3)27-17(24)22-16-23-19(12-7-11(21)5-6-14(12)20)10-26-8-15(25-4)13(19)9-28-16/h5-7,13,15H,8-10,21H2,1-4H3,(H,22,23,24)/t13-,15+,19-/m1/s1. The summed E-state index contributed by atoms with van der Waals surface area (Å²) in [6, 6.07) is 4.41. The summed E-state index contributed by atoms with van der Waals surface area (Å²) in [4.78, 5) is 16.9. The van der Waals surface area contributed by atoms with E-state index in [0.717, 1.165) is 0 Å². The summed E-state index contributed by atoms with van der Waals surface area (Å²) >= 11 is 1.37. The van der Waals surface area contributed by atoms with Crippen LogP contribution >= 0.6 is 11.8 Å². The maximum atomic E-state index is 14.8. The van der Waals surface area contributed by atoms with Crippen LogP contribution in [0, 0.1) is 11.7 Å². The molecule has 1 saturated heterocycles. The summed E-state index contributed by atoms with van der Waals surface area (Å²) in [7, 11) is 1.60. The van der Waals surface area contributed by atoms with E-state index in [4.69, 9.17) is 24.9 Å². The average Bonchev–Trinajstić information content (AvgIpc) is 2.61. The molecule has 0 aromatic heterocycles. The van der Waals surface area contributed by atoms with Crippen LogP contribution in [-0.2, 0) is 19.7 Å². The molecule has 28 heavy (non-hydrogen) atoms. The molecule has 3 N–H and O–H groups in total. The fourth-order valence-corrected chi connectivity index (χ4v) is 4.71. The van der Waals surface area contributed by atoms with Crippen molar-refractivity contribution in [1.29, 1.82) is 0 Å². The molecular weight excluding hydrogens is 385 g/mol. The molecule has 0 bridgehead atoms.